The Morgan fingerprint density at radius 3 is 0.916 bits per heavy atom. The second-order valence-electron chi connectivity index (χ2n) is 28.5. The lowest BCUT2D eigenvalue weighted by atomic mass is 9.98. The molecule has 0 saturated carbocycles. The van der Waals surface area contributed by atoms with Crippen molar-refractivity contribution in [2.24, 2.45) is 0 Å². The Bertz CT molecular complexity index is 7130. The number of allylic oxidation sites excluding steroid dienone is 1. The molecule has 0 unspecified atom stereocenters. The third-order valence-corrected chi connectivity index (χ3v) is 22.5. The van der Waals surface area contributed by atoms with Crippen LogP contribution >= 0.6 is 0 Å². The number of hydrogen-bond donors (Lipinski definition) is 0. The van der Waals surface area contributed by atoms with E-state index in [1.165, 1.54) is 176 Å². The maximum Gasteiger partial charge on any atom is 0.0547 e. The Kier molecular flexibility index (Phi) is 14.3. The molecule has 502 valence electrons. The van der Waals surface area contributed by atoms with E-state index in [0.717, 1.165) is 28.4 Å². The molecule has 16 aromatic carbocycles. The Morgan fingerprint density at radius 2 is 0.467 bits per heavy atom. The van der Waals surface area contributed by atoms with Crippen LogP contribution in [0.25, 0.3) is 194 Å². The molecule has 21 aromatic rings. The first-order valence-corrected chi connectivity index (χ1v) is 36.9. The van der Waals surface area contributed by atoms with Gasteiger partial charge in [0.2, 0.25) is 0 Å². The van der Waals surface area contributed by atoms with Crippen molar-refractivity contribution in [3.8, 4) is 84.1 Å². The van der Waals surface area contributed by atoms with E-state index >= 15 is 0 Å². The van der Waals surface area contributed by atoms with Crippen LogP contribution in [0.4, 0.5) is 0 Å². The summed E-state index contributed by atoms with van der Waals surface area (Å²) < 4.78 is 12.1. The number of aromatic nitrogens is 5. The molecule has 5 nitrogen and oxygen atoms in total. The molecule has 0 fully saturated rings. The SMILES string of the molecule is C/C(=C\c1c(C)n(-c2ccc(-c3ccccc3)cc2)c2ccccc12)c1ccc2c(c1)c1ccccc1n2-c1ccc(-c2ccc(-c3ccc4c5cc(-c6ccc7c(c6)c6cc(-c8ccc9c(c8)c8ccccc8n9-c8ccccc8)ccc6n7-c6ccccc6)ccc5n(-c5ccccc5)c4c3)cc2)cc1. The summed E-state index contributed by atoms with van der Waals surface area (Å²) in [7, 11) is 0. The molecule has 0 spiro atoms. The van der Waals surface area contributed by atoms with Crippen LogP contribution in [0.2, 0.25) is 0 Å². The van der Waals surface area contributed by atoms with Crippen LogP contribution < -0.4 is 0 Å². The van der Waals surface area contributed by atoms with Crippen LogP contribution in [0.15, 0.2) is 376 Å². The Labute approximate surface area is 619 Å². The van der Waals surface area contributed by atoms with Crippen molar-refractivity contribution in [1.82, 2.24) is 22.8 Å². The van der Waals surface area contributed by atoms with Gasteiger partial charge in [0, 0.05) is 88.2 Å². The van der Waals surface area contributed by atoms with Gasteiger partial charge in [-0.15, -0.1) is 0 Å². The molecule has 21 rings (SSSR count). The van der Waals surface area contributed by atoms with Crippen LogP contribution in [-0.2, 0) is 0 Å². The van der Waals surface area contributed by atoms with Gasteiger partial charge in [-0.25, -0.2) is 0 Å². The molecule has 0 amide bonds. The van der Waals surface area contributed by atoms with Gasteiger partial charge < -0.3 is 22.8 Å². The van der Waals surface area contributed by atoms with Gasteiger partial charge in [-0.2, -0.15) is 0 Å². The van der Waals surface area contributed by atoms with Gasteiger partial charge in [-0.3, -0.25) is 0 Å². The topological polar surface area (TPSA) is 24.6 Å². The fraction of sp³-hybridized carbons (Fsp3) is 0.0196. The van der Waals surface area contributed by atoms with Gasteiger partial charge in [0.15, 0.2) is 0 Å². The van der Waals surface area contributed by atoms with E-state index in [1.807, 2.05) is 0 Å². The van der Waals surface area contributed by atoms with E-state index in [1.54, 1.807) is 0 Å². The van der Waals surface area contributed by atoms with Gasteiger partial charge in [0.1, 0.15) is 0 Å². The molecule has 0 bridgehead atoms. The first kappa shape index (κ1) is 61.6. The molecule has 0 atom stereocenters. The van der Waals surface area contributed by atoms with Crippen molar-refractivity contribution in [3.63, 3.8) is 0 Å². The van der Waals surface area contributed by atoms with E-state index in [4.69, 9.17) is 0 Å². The highest BCUT2D eigenvalue weighted by atomic mass is 15.0. The predicted molar refractivity (Wildman–Crippen MR) is 453 cm³/mol. The van der Waals surface area contributed by atoms with Crippen molar-refractivity contribution in [2.45, 2.75) is 13.8 Å². The summed E-state index contributed by atoms with van der Waals surface area (Å²) in [4.78, 5) is 0. The van der Waals surface area contributed by atoms with Gasteiger partial charge in [-0.05, 0) is 232 Å². The van der Waals surface area contributed by atoms with E-state index < -0.39 is 0 Å². The number of hydrogen-bond acceptors (Lipinski definition) is 0. The maximum absolute atomic E-state index is 2.44. The van der Waals surface area contributed by atoms with Crippen LogP contribution in [0, 0.1) is 6.92 Å². The van der Waals surface area contributed by atoms with Crippen molar-refractivity contribution in [2.75, 3.05) is 0 Å². The highest BCUT2D eigenvalue weighted by Gasteiger charge is 2.22. The average molecular weight is 1360 g/mol. The Morgan fingerprint density at radius 1 is 0.196 bits per heavy atom. The zero-order chi connectivity index (χ0) is 70.8. The second kappa shape index (κ2) is 24.9. The normalized spacial score (nSPS) is 12.1. The van der Waals surface area contributed by atoms with Crippen LogP contribution in [0.5, 0.6) is 0 Å². The Hall–Kier alpha value is -14.0. The summed E-state index contributed by atoms with van der Waals surface area (Å²) in [5.74, 6) is 0. The smallest absolute Gasteiger partial charge is 0.0547 e. The molecular formula is C102H69N5. The summed E-state index contributed by atoms with van der Waals surface area (Å²) in [6.45, 7) is 4.50. The quantitative estimate of drug-likeness (QED) is 0.116. The van der Waals surface area contributed by atoms with E-state index in [0.29, 0.717) is 0 Å². The predicted octanol–water partition coefficient (Wildman–Crippen LogP) is 27.2. The summed E-state index contributed by atoms with van der Waals surface area (Å²) >= 11 is 0. The first-order chi connectivity index (χ1) is 52.9. The molecule has 5 heteroatoms. The molecule has 0 N–H and O–H groups in total. The first-order valence-electron chi connectivity index (χ1n) is 36.9. The fourth-order valence-electron chi connectivity index (χ4n) is 17.3. The lowest BCUT2D eigenvalue weighted by molar-refractivity contribution is 1.05. The number of fused-ring (bicyclic) bond motifs is 13. The molecule has 5 heterocycles. The summed E-state index contributed by atoms with van der Waals surface area (Å²) in [6.07, 6.45) is 2.38. The molecule has 0 aliphatic carbocycles. The fourth-order valence-corrected chi connectivity index (χ4v) is 17.3. The van der Waals surface area contributed by atoms with Gasteiger partial charge >= 0.3 is 0 Å². The van der Waals surface area contributed by atoms with Gasteiger partial charge in [-0.1, -0.05) is 231 Å². The zero-order valence-corrected chi connectivity index (χ0v) is 59.1. The van der Waals surface area contributed by atoms with Gasteiger partial charge in [0.05, 0.1) is 49.7 Å². The minimum atomic E-state index is 1.13. The second-order valence-corrected chi connectivity index (χ2v) is 28.5. The van der Waals surface area contributed by atoms with E-state index in [-0.39, 0.29) is 0 Å². The largest absolute Gasteiger partial charge is 0.313 e. The molecule has 0 saturated heterocycles. The standard InChI is InChI=1S/C102H69N5/c1-66(59-88-67(2)103(94-32-18-15-29-84(88)94)82-49-39-70(40-50-82)68-21-7-3-8-22-68)73-44-54-97-89(60-73)85-30-16-20-34-96(85)106(97)83-51-41-71(42-52-83)69-35-37-72(38-36-69)78-43-53-87-91-62-75(46-56-99(91)107(102(87)65-78)81-27-13-6-14-28-81)77-48-58-101-93(64-77)92-63-76(47-57-100(92)105(101)80-25-11-5-12-26-80)74-45-55-98-90(61-74)86-31-17-19-33-95(86)104(98)79-23-9-4-10-24-79/h3-65H,1-2H3/b66-59+. The molecule has 0 radical (unpaired) electrons. The summed E-state index contributed by atoms with van der Waals surface area (Å²) in [5.41, 5.74) is 33.1. The summed E-state index contributed by atoms with van der Waals surface area (Å²) in [6, 6.07) is 139. The van der Waals surface area contributed by atoms with Crippen LogP contribution in [-0.4, -0.2) is 22.8 Å². The summed E-state index contributed by atoms with van der Waals surface area (Å²) in [5, 5.41) is 11.1. The third-order valence-electron chi connectivity index (χ3n) is 22.5. The van der Waals surface area contributed by atoms with Crippen molar-refractivity contribution < 1.29 is 0 Å². The van der Waals surface area contributed by atoms with Crippen LogP contribution in [0.3, 0.4) is 0 Å². The molecular weight excluding hydrogens is 1300 g/mol. The van der Waals surface area contributed by atoms with Crippen LogP contribution in [0.1, 0.15) is 23.7 Å². The van der Waals surface area contributed by atoms with E-state index in [2.05, 4.69) is 419 Å². The van der Waals surface area contributed by atoms with Crippen molar-refractivity contribution in [3.05, 3.63) is 393 Å². The lowest BCUT2D eigenvalue weighted by Crippen LogP contribution is -1.96. The lowest BCUT2D eigenvalue weighted by Gasteiger charge is -2.11. The molecule has 0 aliphatic heterocycles. The molecule has 107 heavy (non-hydrogen) atoms. The van der Waals surface area contributed by atoms with E-state index in [9.17, 15) is 0 Å². The zero-order valence-electron chi connectivity index (χ0n) is 59.1. The van der Waals surface area contributed by atoms with Gasteiger partial charge in [0.25, 0.3) is 0 Å². The number of benzene rings is 16. The van der Waals surface area contributed by atoms with Crippen molar-refractivity contribution >= 4 is 110 Å². The highest BCUT2D eigenvalue weighted by molar-refractivity contribution is 6.16. The minimum absolute atomic E-state index is 1.13. The number of rotatable bonds is 12. The Balaban J connectivity index is 0.590. The molecule has 5 aromatic heterocycles. The average Bonchev–Trinajstić information content (AvgIpc) is 1.59. The molecule has 0 aliphatic rings. The minimum Gasteiger partial charge on any atom is -0.313 e. The third kappa shape index (κ3) is 10.1. The highest BCUT2D eigenvalue weighted by Crippen LogP contribution is 2.44. The number of para-hydroxylation sites is 6. The van der Waals surface area contributed by atoms with Crippen molar-refractivity contribution in [1.29, 1.82) is 0 Å². The number of nitrogens with zero attached hydrogens (tertiary/aromatic N) is 5. The monoisotopic (exact) mass is 1360 g/mol. The maximum atomic E-state index is 2.44.